The standard InChI is InChI=1S/C19H13.C5H5.Fe/c1-2-6-16(7-3-1)10-11-17-12-14-19(15-13-17)18-8-4-5-9-18;1-2-4-5-3-1;/h1-9,12-15H;1-5H;. The van der Waals surface area contributed by atoms with E-state index in [2.05, 4.69) is 66.4 Å². The number of fused-ring (bicyclic) bond motifs is 10. The van der Waals surface area contributed by atoms with Crippen LogP contribution in [-0.4, -0.2) is 0 Å². The maximum atomic E-state index is 3.38. The van der Waals surface area contributed by atoms with Crippen LogP contribution in [-0.2, 0) is 10.8 Å². The molecule has 12 rings (SSSR count). The summed E-state index contributed by atoms with van der Waals surface area (Å²) in [7, 11) is 0. The number of hydrogen-bond donors (Lipinski definition) is 0. The quantitative estimate of drug-likeness (QED) is 0.439. The molecule has 0 aromatic heterocycles. The van der Waals surface area contributed by atoms with Crippen molar-refractivity contribution in [1.29, 1.82) is 0 Å². The Hall–Kier alpha value is -1.48. The summed E-state index contributed by atoms with van der Waals surface area (Å²) in [6, 6.07) is 20.1. The molecule has 10 aliphatic rings. The molecule has 4 atom stereocenters. The molecule has 0 saturated carbocycles. The Balaban J connectivity index is 1.08. The maximum absolute atomic E-state index is 3.38. The van der Waals surface area contributed by atoms with E-state index in [1.165, 1.54) is 48.9 Å². The van der Waals surface area contributed by atoms with Gasteiger partial charge in [0.2, 0.25) is 0 Å². The van der Waals surface area contributed by atoms with Gasteiger partial charge in [0, 0.05) is 0 Å². The van der Waals surface area contributed by atoms with Crippen LogP contribution in [0.4, 0.5) is 0 Å². The van der Waals surface area contributed by atoms with Gasteiger partial charge < -0.3 is 0 Å². The van der Waals surface area contributed by atoms with Crippen molar-refractivity contribution in [2.75, 3.05) is 0 Å². The molecule has 10 fully saturated rings. The monoisotopic (exact) mass is 362 g/mol. The summed E-state index contributed by atoms with van der Waals surface area (Å²) < 4.78 is 0.893. The van der Waals surface area contributed by atoms with Crippen LogP contribution in [0.15, 0.2) is 54.6 Å². The van der Waals surface area contributed by atoms with Crippen molar-refractivity contribution in [3.05, 3.63) is 71.3 Å². The first-order chi connectivity index (χ1) is 12.1. The van der Waals surface area contributed by atoms with E-state index in [1.54, 1.807) is 0 Å². The van der Waals surface area contributed by atoms with Crippen LogP contribution in [0.25, 0.3) is 0 Å². The minimum atomic E-state index is -2.97. The Morgan fingerprint density at radius 2 is 1.12 bits per heavy atom. The van der Waals surface area contributed by atoms with Gasteiger partial charge in [0.25, 0.3) is 0 Å². The van der Waals surface area contributed by atoms with Gasteiger partial charge in [0.05, 0.1) is 0 Å². The predicted octanol–water partition coefficient (Wildman–Crippen LogP) is 5.88. The molecule has 0 nitrogen and oxygen atoms in total. The van der Waals surface area contributed by atoms with Gasteiger partial charge in [-0.1, -0.05) is 0 Å². The fourth-order valence-electron chi connectivity index (χ4n) is 18.5. The Morgan fingerprint density at radius 3 is 1.56 bits per heavy atom. The van der Waals surface area contributed by atoms with Gasteiger partial charge in [-0.2, -0.15) is 0 Å². The van der Waals surface area contributed by atoms with Crippen LogP contribution in [0.1, 0.15) is 16.7 Å². The van der Waals surface area contributed by atoms with E-state index in [1.807, 2.05) is 5.56 Å². The first-order valence-corrected chi connectivity index (χ1v) is 16.3. The molecule has 0 radical (unpaired) electrons. The van der Waals surface area contributed by atoms with E-state index in [9.17, 15) is 0 Å². The summed E-state index contributed by atoms with van der Waals surface area (Å²) in [6.07, 6.45) is 0. The Labute approximate surface area is 137 Å². The van der Waals surface area contributed by atoms with Crippen molar-refractivity contribution in [2.24, 2.45) is 0 Å². The molecule has 10 heterocycles. The number of hydrogen-bond acceptors (Lipinski definition) is 0. The summed E-state index contributed by atoms with van der Waals surface area (Å²) in [5.74, 6) is 6.70. The molecule has 10 saturated heterocycles. The third-order valence-corrected chi connectivity index (χ3v) is 59.5. The molecule has 0 amide bonds. The molecule has 4 unspecified atom stereocenters. The normalized spacial score (nSPS) is 83.9. The van der Waals surface area contributed by atoms with E-state index in [4.69, 9.17) is 0 Å². The molecule has 1 heteroatoms. The van der Waals surface area contributed by atoms with Gasteiger partial charge in [0.15, 0.2) is 0 Å². The van der Waals surface area contributed by atoms with Gasteiger partial charge in [-0.05, 0) is 0 Å². The van der Waals surface area contributed by atoms with Crippen LogP contribution in [0.3, 0.4) is 0 Å². The van der Waals surface area contributed by atoms with Crippen molar-refractivity contribution < 1.29 is 6.51 Å². The van der Waals surface area contributed by atoms with Crippen LogP contribution in [0, 0.1) is 11.8 Å². The molecular weight excluding hydrogens is 344 g/mol. The van der Waals surface area contributed by atoms with E-state index < -0.39 is 6.51 Å². The Morgan fingerprint density at radius 1 is 0.600 bits per heavy atom. The van der Waals surface area contributed by atoms with E-state index in [-0.39, 0.29) is 0 Å². The molecule has 2 aromatic carbocycles. The molecule has 1 spiro atoms. The second-order valence-electron chi connectivity index (χ2n) is 12.9. The molecule has 25 heavy (non-hydrogen) atoms. The van der Waals surface area contributed by atoms with Crippen LogP contribution in [0.5, 0.6) is 0 Å². The molecule has 0 bridgehead atoms. The molecule has 2 aromatic rings. The zero-order valence-electron chi connectivity index (χ0n) is 13.7. The fraction of sp³-hybridized carbons (Fsp3) is 0.417. The number of rotatable bonds is 1. The van der Waals surface area contributed by atoms with Crippen molar-refractivity contribution in [2.45, 2.75) is 47.7 Å². The fourth-order valence-corrected chi connectivity index (χ4v) is 92.7. The van der Waals surface area contributed by atoms with Gasteiger partial charge in [-0.3, -0.25) is 0 Å². The minimum absolute atomic E-state index is 0.893. The zero-order chi connectivity index (χ0) is 15.5. The third kappa shape index (κ3) is 0.164. The van der Waals surface area contributed by atoms with E-state index in [0.717, 1.165) is 9.88 Å². The third-order valence-electron chi connectivity index (χ3n) is 17.1. The molecule has 0 aliphatic carbocycles. The summed E-state index contributed by atoms with van der Waals surface area (Å²) >= 11 is 0. The number of benzene rings is 2. The van der Waals surface area contributed by atoms with Crippen molar-refractivity contribution in [1.82, 2.24) is 0 Å². The van der Waals surface area contributed by atoms with Gasteiger partial charge in [-0.25, -0.2) is 0 Å². The van der Waals surface area contributed by atoms with Crippen LogP contribution >= 0.6 is 0 Å². The topological polar surface area (TPSA) is 0 Å². The average Bonchev–Trinajstić information content (AvgIpc) is 3.61. The van der Waals surface area contributed by atoms with Crippen molar-refractivity contribution in [3.63, 3.8) is 0 Å². The van der Waals surface area contributed by atoms with Gasteiger partial charge >= 0.3 is 137 Å². The zero-order valence-corrected chi connectivity index (χ0v) is 14.9. The second kappa shape index (κ2) is 1.12. The molecular formula is C24H18Fe. The van der Waals surface area contributed by atoms with Gasteiger partial charge in [-0.15, -0.1) is 0 Å². The molecule has 122 valence electrons. The summed E-state index contributed by atoms with van der Waals surface area (Å²) in [5, 5.41) is 0. The van der Waals surface area contributed by atoms with E-state index >= 15 is 0 Å². The Kier molecular flexibility index (Phi) is 0.448. The first-order valence-electron chi connectivity index (χ1n) is 9.99. The van der Waals surface area contributed by atoms with Crippen LogP contribution in [0.2, 0.25) is 43.3 Å². The summed E-state index contributed by atoms with van der Waals surface area (Å²) in [6.45, 7) is -2.97. The van der Waals surface area contributed by atoms with Crippen molar-refractivity contribution in [3.8, 4) is 11.8 Å². The van der Waals surface area contributed by atoms with Gasteiger partial charge in [0.1, 0.15) is 0 Å². The summed E-state index contributed by atoms with van der Waals surface area (Å²) in [5.41, 5.74) is 4.13. The first kappa shape index (κ1) is 10.0. The second-order valence-corrected chi connectivity index (χ2v) is 36.4. The SMILES string of the molecule is C(#Cc1ccc([C]23[CH]4[CH]5[CH]6[CH]2[Fe]56432789[CH]3[CH]2[CH]7[CH]8[CH]39)cc1)c1ccccc1. The summed E-state index contributed by atoms with van der Waals surface area (Å²) in [4.78, 5) is 12.7. The molecule has 10 aliphatic heterocycles. The van der Waals surface area contributed by atoms with Crippen molar-refractivity contribution >= 4 is 0 Å². The predicted molar refractivity (Wildman–Crippen MR) is 94.3 cm³/mol. The molecule has 0 N–H and O–H groups in total. The average molecular weight is 362 g/mol. The van der Waals surface area contributed by atoms with E-state index in [0.29, 0.717) is 0 Å². The Bertz CT molecular complexity index is 1480. The van der Waals surface area contributed by atoms with Crippen LogP contribution < -0.4 is 0 Å².